The third kappa shape index (κ3) is 5.07. The molecule has 1 aromatic heterocycles. The lowest BCUT2D eigenvalue weighted by Crippen LogP contribution is -2.13. The summed E-state index contributed by atoms with van der Waals surface area (Å²) in [6.45, 7) is 3.27. The van der Waals surface area contributed by atoms with Gasteiger partial charge >= 0.3 is 6.18 Å². The fraction of sp³-hybridized carbons (Fsp3) is 0.0667. The molecule has 0 unspecified atom stereocenters. The summed E-state index contributed by atoms with van der Waals surface area (Å²) < 4.78 is 49.3. The molecule has 0 aliphatic rings. The van der Waals surface area contributed by atoms with Crippen LogP contribution in [0.3, 0.4) is 0 Å². The van der Waals surface area contributed by atoms with E-state index in [0.717, 1.165) is 24.5 Å². The molecule has 3 nitrogen and oxygen atoms in total. The molecule has 1 heterocycles. The monoisotopic (exact) mass is 345 g/mol. The molecule has 0 saturated carbocycles. The first-order valence-corrected chi connectivity index (χ1v) is 6.48. The first-order valence-electron chi connectivity index (χ1n) is 6.10. The number of alkyl halides is 3. The van der Waals surface area contributed by atoms with E-state index in [-0.39, 0.29) is 22.0 Å². The smallest absolute Gasteiger partial charge is 0.384 e. The van der Waals surface area contributed by atoms with Crippen LogP contribution in [0.15, 0.2) is 43.2 Å². The molecule has 0 aliphatic carbocycles. The quantitative estimate of drug-likeness (QED) is 0.478. The molecule has 0 bridgehead atoms. The van der Waals surface area contributed by atoms with E-state index in [4.69, 9.17) is 22.7 Å². The second-order valence-corrected chi connectivity index (χ2v) is 4.58. The highest BCUT2D eigenvalue weighted by Gasteiger charge is 2.32. The maximum atomic E-state index is 12.8. The Hall–Kier alpha value is -2.41. The lowest BCUT2D eigenvalue weighted by Gasteiger charge is -2.08. The number of nitrogens with one attached hydrogen (secondary N) is 1. The number of nitrogens with two attached hydrogens (primary N) is 1. The SMILES string of the molecule is C=Cc1cnccc1C(F)(F)F.N=C(N)c1c(F)cccc1Cl. The van der Waals surface area contributed by atoms with Crippen molar-refractivity contribution >= 4 is 23.5 Å². The van der Waals surface area contributed by atoms with Gasteiger partial charge in [-0.2, -0.15) is 13.2 Å². The van der Waals surface area contributed by atoms with Gasteiger partial charge in [-0.3, -0.25) is 10.4 Å². The summed E-state index contributed by atoms with van der Waals surface area (Å²) in [5.74, 6) is -0.918. The summed E-state index contributed by atoms with van der Waals surface area (Å²) in [5.41, 5.74) is 4.34. The van der Waals surface area contributed by atoms with Gasteiger partial charge in [0.2, 0.25) is 0 Å². The van der Waals surface area contributed by atoms with Gasteiger partial charge in [0, 0.05) is 18.0 Å². The number of pyridine rings is 1. The predicted molar refractivity (Wildman–Crippen MR) is 81.8 cm³/mol. The number of nitrogens with zero attached hydrogens (tertiary/aromatic N) is 1. The molecule has 0 aliphatic heterocycles. The van der Waals surface area contributed by atoms with Gasteiger partial charge in [-0.25, -0.2) is 4.39 Å². The largest absolute Gasteiger partial charge is 0.417 e. The minimum absolute atomic E-state index is 0.00463. The summed E-state index contributed by atoms with van der Waals surface area (Å²) in [5, 5.41) is 7.13. The van der Waals surface area contributed by atoms with Crippen LogP contribution in [0, 0.1) is 11.2 Å². The van der Waals surface area contributed by atoms with Gasteiger partial charge in [0.1, 0.15) is 11.7 Å². The number of hydrogen-bond acceptors (Lipinski definition) is 2. The highest BCUT2D eigenvalue weighted by Crippen LogP contribution is 2.31. The Morgan fingerprint density at radius 2 is 1.96 bits per heavy atom. The summed E-state index contributed by atoms with van der Waals surface area (Å²) >= 11 is 5.56. The van der Waals surface area contributed by atoms with Crippen molar-refractivity contribution in [2.24, 2.45) is 5.73 Å². The molecular formula is C15H12ClF4N3. The van der Waals surface area contributed by atoms with Crippen LogP contribution in [0.2, 0.25) is 5.02 Å². The van der Waals surface area contributed by atoms with Crippen LogP contribution >= 0.6 is 11.6 Å². The molecule has 122 valence electrons. The Kier molecular flexibility index (Phi) is 6.27. The topological polar surface area (TPSA) is 62.8 Å². The predicted octanol–water partition coefficient (Wildman–Crippen LogP) is 4.51. The Morgan fingerprint density at radius 3 is 2.35 bits per heavy atom. The number of nitrogen functional groups attached to an aromatic ring is 1. The van der Waals surface area contributed by atoms with E-state index in [0.29, 0.717) is 0 Å². The number of aromatic nitrogens is 1. The van der Waals surface area contributed by atoms with E-state index in [2.05, 4.69) is 11.6 Å². The van der Waals surface area contributed by atoms with Gasteiger partial charge in [0.25, 0.3) is 0 Å². The zero-order valence-corrected chi connectivity index (χ0v) is 12.4. The second kappa shape index (κ2) is 7.73. The average Bonchev–Trinajstić information content (AvgIpc) is 2.46. The van der Waals surface area contributed by atoms with E-state index < -0.39 is 17.6 Å². The van der Waals surface area contributed by atoms with E-state index in [1.807, 2.05) is 0 Å². The molecule has 0 spiro atoms. The summed E-state index contributed by atoms with van der Waals surface area (Å²) in [7, 11) is 0. The standard InChI is InChI=1S/C8H6F3N.C7H6ClFN2/c1-2-6-5-12-4-3-7(6)8(9,10)11;8-4-2-1-3-5(9)6(4)7(10)11/h2-5H,1H2;1-3H,(H3,10,11). The molecule has 8 heteroatoms. The van der Waals surface area contributed by atoms with Crippen LogP contribution in [-0.4, -0.2) is 10.8 Å². The Morgan fingerprint density at radius 1 is 1.30 bits per heavy atom. The maximum Gasteiger partial charge on any atom is 0.417 e. The van der Waals surface area contributed by atoms with E-state index in [1.54, 1.807) is 0 Å². The third-order valence-electron chi connectivity index (χ3n) is 2.61. The minimum atomic E-state index is -4.33. The van der Waals surface area contributed by atoms with Crippen LogP contribution in [0.5, 0.6) is 0 Å². The average molecular weight is 346 g/mol. The molecule has 0 amide bonds. The number of rotatable bonds is 2. The molecule has 2 rings (SSSR count). The van der Waals surface area contributed by atoms with Crippen molar-refractivity contribution < 1.29 is 17.6 Å². The first-order chi connectivity index (χ1) is 10.7. The third-order valence-corrected chi connectivity index (χ3v) is 2.92. The van der Waals surface area contributed by atoms with Gasteiger partial charge < -0.3 is 5.73 Å². The van der Waals surface area contributed by atoms with Gasteiger partial charge in [-0.15, -0.1) is 0 Å². The molecule has 0 radical (unpaired) electrons. The van der Waals surface area contributed by atoms with Gasteiger partial charge in [0.15, 0.2) is 0 Å². The Balaban J connectivity index is 0.000000231. The normalized spacial score (nSPS) is 10.5. The molecule has 1 aromatic carbocycles. The van der Waals surface area contributed by atoms with Crippen molar-refractivity contribution in [1.29, 1.82) is 5.41 Å². The maximum absolute atomic E-state index is 12.8. The summed E-state index contributed by atoms with van der Waals surface area (Å²) in [4.78, 5) is 3.56. The molecule has 0 saturated heterocycles. The molecular weight excluding hydrogens is 334 g/mol. The lowest BCUT2D eigenvalue weighted by molar-refractivity contribution is -0.137. The zero-order valence-electron chi connectivity index (χ0n) is 11.7. The van der Waals surface area contributed by atoms with Gasteiger partial charge in [-0.05, 0) is 18.2 Å². The zero-order chi connectivity index (χ0) is 17.6. The Bertz CT molecular complexity index is 694. The van der Waals surface area contributed by atoms with Crippen molar-refractivity contribution in [3.8, 4) is 0 Å². The van der Waals surface area contributed by atoms with Crippen molar-refractivity contribution in [1.82, 2.24) is 4.98 Å². The van der Waals surface area contributed by atoms with Gasteiger partial charge in [-0.1, -0.05) is 30.3 Å². The highest BCUT2D eigenvalue weighted by atomic mass is 35.5. The molecule has 23 heavy (non-hydrogen) atoms. The molecule has 0 atom stereocenters. The first kappa shape index (κ1) is 18.6. The van der Waals surface area contributed by atoms with Crippen molar-refractivity contribution in [2.45, 2.75) is 6.18 Å². The second-order valence-electron chi connectivity index (χ2n) is 4.18. The molecule has 3 N–H and O–H groups in total. The summed E-state index contributed by atoms with van der Waals surface area (Å²) in [6.07, 6.45) is -0.950. The molecule has 2 aromatic rings. The van der Waals surface area contributed by atoms with Crippen LogP contribution in [0.4, 0.5) is 17.6 Å². The van der Waals surface area contributed by atoms with E-state index in [1.165, 1.54) is 18.2 Å². The summed E-state index contributed by atoms with van der Waals surface area (Å²) in [6, 6.07) is 5.09. The lowest BCUT2D eigenvalue weighted by atomic mass is 10.1. The number of benzene rings is 1. The number of halogens is 5. The van der Waals surface area contributed by atoms with Gasteiger partial charge in [0.05, 0.1) is 16.1 Å². The number of hydrogen-bond donors (Lipinski definition) is 2. The van der Waals surface area contributed by atoms with Crippen LogP contribution in [-0.2, 0) is 6.18 Å². The fourth-order valence-electron chi connectivity index (χ4n) is 1.58. The molecule has 0 fully saturated rings. The number of amidine groups is 1. The van der Waals surface area contributed by atoms with E-state index in [9.17, 15) is 17.6 Å². The van der Waals surface area contributed by atoms with E-state index >= 15 is 0 Å². The minimum Gasteiger partial charge on any atom is -0.384 e. The van der Waals surface area contributed by atoms with Crippen LogP contribution in [0.25, 0.3) is 6.08 Å². The van der Waals surface area contributed by atoms with Crippen LogP contribution in [0.1, 0.15) is 16.7 Å². The van der Waals surface area contributed by atoms with Crippen molar-refractivity contribution in [3.63, 3.8) is 0 Å². The Labute approximate surface area is 134 Å². The van der Waals surface area contributed by atoms with Crippen molar-refractivity contribution in [3.05, 3.63) is 70.8 Å². The highest BCUT2D eigenvalue weighted by molar-refractivity contribution is 6.33. The van der Waals surface area contributed by atoms with Crippen molar-refractivity contribution in [2.75, 3.05) is 0 Å². The van der Waals surface area contributed by atoms with Crippen LogP contribution < -0.4 is 5.73 Å². The fourth-order valence-corrected chi connectivity index (χ4v) is 1.85.